The van der Waals surface area contributed by atoms with E-state index in [0.29, 0.717) is 12.8 Å². The van der Waals surface area contributed by atoms with E-state index < -0.39 is 27.4 Å². The third-order valence-corrected chi connectivity index (χ3v) is 6.42. The number of hydrogen-bond acceptors (Lipinski definition) is 7. The van der Waals surface area contributed by atoms with Crippen LogP contribution in [-0.2, 0) is 30.3 Å². The summed E-state index contributed by atoms with van der Waals surface area (Å²) in [6.07, 6.45) is 0.838. The van der Waals surface area contributed by atoms with E-state index in [1.54, 1.807) is 19.1 Å². The summed E-state index contributed by atoms with van der Waals surface area (Å²) in [6.45, 7) is 6.64. The lowest BCUT2D eigenvalue weighted by molar-refractivity contribution is -0.114. The second kappa shape index (κ2) is 10.1. The fourth-order valence-electron chi connectivity index (χ4n) is 3.48. The Morgan fingerprint density at radius 1 is 1.12 bits per heavy atom. The second-order valence-electron chi connectivity index (χ2n) is 7.89. The van der Waals surface area contributed by atoms with Crippen molar-refractivity contribution in [2.75, 3.05) is 12.4 Å². The van der Waals surface area contributed by atoms with Gasteiger partial charge in [-0.2, -0.15) is 8.42 Å². The number of phenols is 1. The molecule has 0 aliphatic rings. The number of aromatic hydroxyl groups is 1. The first-order valence-corrected chi connectivity index (χ1v) is 11.6. The summed E-state index contributed by atoms with van der Waals surface area (Å²) in [7, 11) is -2.94. The molecule has 0 heterocycles. The number of aryl methyl sites for hydroxylation is 1. The number of carbonyl (C=O) groups is 2. The molecule has 1 atom stereocenters. The van der Waals surface area contributed by atoms with Gasteiger partial charge >= 0.3 is 5.97 Å². The van der Waals surface area contributed by atoms with Crippen LogP contribution >= 0.6 is 0 Å². The summed E-state index contributed by atoms with van der Waals surface area (Å²) < 4.78 is 36.3. The van der Waals surface area contributed by atoms with Crippen LogP contribution in [0.1, 0.15) is 55.1 Å². The molecule has 0 saturated heterocycles. The Morgan fingerprint density at radius 2 is 1.75 bits per heavy atom. The quantitative estimate of drug-likeness (QED) is 0.427. The van der Waals surface area contributed by atoms with Crippen LogP contribution in [0.4, 0.5) is 5.69 Å². The lowest BCUT2D eigenvalue weighted by Gasteiger charge is -2.30. The van der Waals surface area contributed by atoms with Crippen LogP contribution in [0.15, 0.2) is 41.3 Å². The normalized spacial score (nSPS) is 13.3. The Kier molecular flexibility index (Phi) is 8.03. The Morgan fingerprint density at radius 3 is 2.28 bits per heavy atom. The molecule has 0 saturated carbocycles. The fraction of sp³-hybridized carbons (Fsp3) is 0.391. The third-order valence-electron chi connectivity index (χ3n) is 4.95. The average molecular weight is 464 g/mol. The maximum absolute atomic E-state index is 13.0. The van der Waals surface area contributed by atoms with Gasteiger partial charge in [-0.3, -0.25) is 8.98 Å². The number of nitrogens with one attached hydrogen (secondary N) is 1. The van der Waals surface area contributed by atoms with Crippen LogP contribution in [-0.4, -0.2) is 38.1 Å². The van der Waals surface area contributed by atoms with Crippen molar-refractivity contribution >= 4 is 27.7 Å². The summed E-state index contributed by atoms with van der Waals surface area (Å²) in [5.74, 6) is -1.55. The highest BCUT2D eigenvalue weighted by molar-refractivity contribution is 7.86. The standard InChI is InChI=1S/C23H29NO7S/c1-6-13-23(4,31-32(28,29)17-9-7-15(2)8-10-17)14-19-20(24-16(3)25)12-11-18(21(19)26)22(27)30-5/h7-12,26H,6,13-14H2,1-5H3,(H,24,25). The van der Waals surface area contributed by atoms with Gasteiger partial charge in [0.1, 0.15) is 11.3 Å². The van der Waals surface area contributed by atoms with Crippen molar-refractivity contribution in [3.8, 4) is 5.75 Å². The first-order chi connectivity index (χ1) is 14.9. The molecule has 0 spiro atoms. The molecule has 0 radical (unpaired) electrons. The number of ether oxygens (including phenoxy) is 1. The predicted octanol–water partition coefficient (Wildman–Crippen LogP) is 3.95. The molecule has 0 fully saturated rings. The smallest absolute Gasteiger partial charge is 0.341 e. The Labute approximate surface area is 188 Å². The van der Waals surface area contributed by atoms with Gasteiger partial charge in [0, 0.05) is 24.6 Å². The van der Waals surface area contributed by atoms with Crippen molar-refractivity contribution in [2.24, 2.45) is 0 Å². The fourth-order valence-corrected chi connectivity index (χ4v) is 4.71. The molecule has 174 valence electrons. The van der Waals surface area contributed by atoms with Gasteiger partial charge in [-0.15, -0.1) is 0 Å². The summed E-state index contributed by atoms with van der Waals surface area (Å²) >= 11 is 0. The van der Waals surface area contributed by atoms with Crippen molar-refractivity contribution in [3.05, 3.63) is 53.1 Å². The van der Waals surface area contributed by atoms with E-state index >= 15 is 0 Å². The number of phenolic OH excluding ortho intramolecular Hbond substituents is 1. The number of amides is 1. The first kappa shape index (κ1) is 25.4. The molecule has 0 aliphatic carbocycles. The number of esters is 1. The van der Waals surface area contributed by atoms with Crippen molar-refractivity contribution in [2.45, 2.75) is 57.5 Å². The third kappa shape index (κ3) is 6.08. The van der Waals surface area contributed by atoms with Gasteiger partial charge in [-0.25, -0.2) is 4.79 Å². The highest BCUT2D eigenvalue weighted by Crippen LogP contribution is 2.37. The molecule has 2 aromatic carbocycles. The molecule has 2 aromatic rings. The molecule has 0 aromatic heterocycles. The number of benzene rings is 2. The van der Waals surface area contributed by atoms with Gasteiger partial charge in [0.2, 0.25) is 5.91 Å². The highest BCUT2D eigenvalue weighted by atomic mass is 32.2. The van der Waals surface area contributed by atoms with E-state index in [0.717, 1.165) is 5.56 Å². The number of methoxy groups -OCH3 is 1. The Balaban J connectivity index is 2.53. The maximum Gasteiger partial charge on any atom is 0.341 e. The van der Waals surface area contributed by atoms with Gasteiger partial charge in [-0.1, -0.05) is 31.0 Å². The van der Waals surface area contributed by atoms with E-state index in [2.05, 4.69) is 5.32 Å². The van der Waals surface area contributed by atoms with E-state index in [1.165, 1.54) is 38.3 Å². The van der Waals surface area contributed by atoms with Gasteiger partial charge in [0.15, 0.2) is 0 Å². The molecule has 9 heteroatoms. The highest BCUT2D eigenvalue weighted by Gasteiger charge is 2.35. The van der Waals surface area contributed by atoms with Crippen LogP contribution in [0.5, 0.6) is 5.75 Å². The zero-order valence-electron chi connectivity index (χ0n) is 18.9. The van der Waals surface area contributed by atoms with E-state index in [4.69, 9.17) is 8.92 Å². The zero-order valence-corrected chi connectivity index (χ0v) is 19.7. The lowest BCUT2D eigenvalue weighted by Crippen LogP contribution is -2.34. The minimum atomic E-state index is -4.12. The summed E-state index contributed by atoms with van der Waals surface area (Å²) in [5, 5.41) is 13.4. The molecule has 32 heavy (non-hydrogen) atoms. The number of hydrogen-bond donors (Lipinski definition) is 2. The number of carbonyl (C=O) groups excluding carboxylic acids is 2. The second-order valence-corrected chi connectivity index (χ2v) is 9.43. The monoisotopic (exact) mass is 463 g/mol. The van der Waals surface area contributed by atoms with Gasteiger partial charge < -0.3 is 15.2 Å². The van der Waals surface area contributed by atoms with Gasteiger partial charge in [0.25, 0.3) is 10.1 Å². The van der Waals surface area contributed by atoms with Gasteiger partial charge in [0.05, 0.1) is 17.6 Å². The van der Waals surface area contributed by atoms with Crippen LogP contribution in [0.3, 0.4) is 0 Å². The number of rotatable bonds is 9. The summed E-state index contributed by atoms with van der Waals surface area (Å²) in [5.41, 5.74) is -0.0289. The van der Waals surface area contributed by atoms with Crippen molar-refractivity contribution in [1.82, 2.24) is 0 Å². The van der Waals surface area contributed by atoms with Gasteiger partial charge in [-0.05, 0) is 44.5 Å². The number of anilines is 1. The van der Waals surface area contributed by atoms with Crippen LogP contribution in [0.2, 0.25) is 0 Å². The topological polar surface area (TPSA) is 119 Å². The lowest BCUT2D eigenvalue weighted by atomic mass is 9.89. The van der Waals surface area contributed by atoms with E-state index in [9.17, 15) is 23.1 Å². The molecule has 2 rings (SSSR count). The summed E-state index contributed by atoms with van der Waals surface area (Å²) in [6, 6.07) is 9.08. The molecule has 8 nitrogen and oxygen atoms in total. The van der Waals surface area contributed by atoms with Crippen LogP contribution in [0.25, 0.3) is 0 Å². The molecule has 0 bridgehead atoms. The molecule has 1 unspecified atom stereocenters. The minimum Gasteiger partial charge on any atom is -0.507 e. The van der Waals surface area contributed by atoms with E-state index in [1.807, 2.05) is 13.8 Å². The molecular formula is C23H29NO7S. The Hall–Kier alpha value is -2.91. The van der Waals surface area contributed by atoms with Crippen LogP contribution in [0, 0.1) is 6.92 Å². The van der Waals surface area contributed by atoms with Crippen molar-refractivity contribution in [3.63, 3.8) is 0 Å². The predicted molar refractivity (Wildman–Crippen MR) is 120 cm³/mol. The maximum atomic E-state index is 13.0. The Bertz CT molecular complexity index is 1090. The molecule has 0 aliphatic heterocycles. The molecular weight excluding hydrogens is 434 g/mol. The SMILES string of the molecule is CCCC(C)(Cc1c(NC(C)=O)ccc(C(=O)OC)c1O)OS(=O)(=O)c1ccc(C)cc1. The summed E-state index contributed by atoms with van der Waals surface area (Å²) in [4.78, 5) is 23.7. The average Bonchev–Trinajstić information content (AvgIpc) is 2.70. The largest absolute Gasteiger partial charge is 0.507 e. The van der Waals surface area contributed by atoms with Crippen molar-refractivity contribution < 1.29 is 32.0 Å². The zero-order chi connectivity index (χ0) is 24.1. The minimum absolute atomic E-state index is 0.0139. The molecule has 1 amide bonds. The molecule has 2 N–H and O–H groups in total. The van der Waals surface area contributed by atoms with E-state index in [-0.39, 0.29) is 34.0 Å². The first-order valence-electron chi connectivity index (χ1n) is 10.2. The van der Waals surface area contributed by atoms with Crippen LogP contribution < -0.4 is 5.32 Å². The van der Waals surface area contributed by atoms with Crippen molar-refractivity contribution in [1.29, 1.82) is 0 Å².